The lowest BCUT2D eigenvalue weighted by molar-refractivity contribution is -0.120. The molecule has 1 aromatic carbocycles. The summed E-state index contributed by atoms with van der Waals surface area (Å²) in [6.07, 6.45) is 0. The molecule has 1 amide bonds. The van der Waals surface area contributed by atoms with Crippen LogP contribution in [0.25, 0.3) is 0 Å². The number of ether oxygens (including phenoxy) is 1. The van der Waals surface area contributed by atoms with Crippen molar-refractivity contribution in [3.05, 3.63) is 28.8 Å². The molecule has 2 rings (SSSR count). The van der Waals surface area contributed by atoms with E-state index in [1.807, 2.05) is 26.0 Å². The van der Waals surface area contributed by atoms with E-state index in [9.17, 15) is 4.79 Å². The van der Waals surface area contributed by atoms with E-state index in [0.29, 0.717) is 23.9 Å². The second kappa shape index (κ2) is 6.37. The third-order valence-electron chi connectivity index (χ3n) is 3.26. The molecule has 19 heavy (non-hydrogen) atoms. The summed E-state index contributed by atoms with van der Waals surface area (Å²) in [5.74, 6) is -0.215. The summed E-state index contributed by atoms with van der Waals surface area (Å²) in [6, 6.07) is 5.66. The third-order valence-corrected chi connectivity index (χ3v) is 3.59. The number of benzene rings is 1. The number of hydrogen-bond acceptors (Lipinski definition) is 3. The highest BCUT2D eigenvalue weighted by Gasteiger charge is 2.33. The molecule has 5 heteroatoms. The van der Waals surface area contributed by atoms with Gasteiger partial charge in [0.25, 0.3) is 0 Å². The molecule has 1 aliphatic rings. The van der Waals surface area contributed by atoms with Gasteiger partial charge in [-0.2, -0.15) is 0 Å². The Morgan fingerprint density at radius 3 is 3.00 bits per heavy atom. The molecule has 1 fully saturated rings. The molecule has 0 spiro atoms. The SMILES string of the molecule is CCNC1COCC1C(=O)Nc1cc(C)ccc1Cl. The first-order valence-electron chi connectivity index (χ1n) is 6.50. The zero-order chi connectivity index (χ0) is 13.8. The number of aryl methyl sites for hydroxylation is 1. The van der Waals surface area contributed by atoms with Gasteiger partial charge in [0.05, 0.1) is 29.8 Å². The van der Waals surface area contributed by atoms with Crippen molar-refractivity contribution in [2.24, 2.45) is 5.92 Å². The molecule has 104 valence electrons. The van der Waals surface area contributed by atoms with Crippen molar-refractivity contribution in [3.8, 4) is 0 Å². The average molecular weight is 283 g/mol. The van der Waals surface area contributed by atoms with Crippen LogP contribution in [0.5, 0.6) is 0 Å². The van der Waals surface area contributed by atoms with Gasteiger partial charge >= 0.3 is 0 Å². The Labute approximate surface area is 118 Å². The van der Waals surface area contributed by atoms with Crippen LogP contribution in [0, 0.1) is 12.8 Å². The second-order valence-electron chi connectivity index (χ2n) is 4.78. The van der Waals surface area contributed by atoms with Crippen molar-refractivity contribution in [2.45, 2.75) is 19.9 Å². The van der Waals surface area contributed by atoms with Crippen molar-refractivity contribution in [3.63, 3.8) is 0 Å². The lowest BCUT2D eigenvalue weighted by atomic mass is 10.0. The molecular formula is C14H19ClN2O2. The van der Waals surface area contributed by atoms with E-state index in [1.54, 1.807) is 6.07 Å². The van der Waals surface area contributed by atoms with Crippen molar-refractivity contribution in [1.82, 2.24) is 5.32 Å². The maximum absolute atomic E-state index is 12.3. The Kier molecular flexibility index (Phi) is 4.80. The molecular weight excluding hydrogens is 264 g/mol. The Bertz CT molecular complexity index is 465. The van der Waals surface area contributed by atoms with Crippen molar-refractivity contribution >= 4 is 23.2 Å². The van der Waals surface area contributed by atoms with E-state index < -0.39 is 0 Å². The van der Waals surface area contributed by atoms with Gasteiger partial charge < -0.3 is 15.4 Å². The van der Waals surface area contributed by atoms with E-state index in [-0.39, 0.29) is 17.9 Å². The number of carbonyl (C=O) groups excluding carboxylic acids is 1. The van der Waals surface area contributed by atoms with Crippen molar-refractivity contribution in [2.75, 3.05) is 25.1 Å². The predicted molar refractivity (Wildman–Crippen MR) is 76.6 cm³/mol. The van der Waals surface area contributed by atoms with Gasteiger partial charge in [0.15, 0.2) is 0 Å². The van der Waals surface area contributed by atoms with Crippen LogP contribution in [0.15, 0.2) is 18.2 Å². The summed E-state index contributed by atoms with van der Waals surface area (Å²) in [6.45, 7) is 5.83. The number of anilines is 1. The highest BCUT2D eigenvalue weighted by atomic mass is 35.5. The van der Waals surface area contributed by atoms with E-state index in [4.69, 9.17) is 16.3 Å². The molecule has 2 unspecified atom stereocenters. The minimum Gasteiger partial charge on any atom is -0.379 e. The molecule has 0 radical (unpaired) electrons. The van der Waals surface area contributed by atoms with Gasteiger partial charge in [-0.05, 0) is 31.2 Å². The van der Waals surface area contributed by atoms with E-state index in [1.165, 1.54) is 0 Å². The molecule has 2 atom stereocenters. The maximum atomic E-state index is 12.3. The fourth-order valence-corrected chi connectivity index (χ4v) is 2.40. The van der Waals surface area contributed by atoms with Gasteiger partial charge in [-0.1, -0.05) is 24.6 Å². The molecule has 0 aromatic heterocycles. The van der Waals surface area contributed by atoms with Gasteiger partial charge in [0.1, 0.15) is 0 Å². The Hall–Kier alpha value is -1.10. The molecule has 0 bridgehead atoms. The number of carbonyl (C=O) groups is 1. The van der Waals surface area contributed by atoms with Gasteiger partial charge in [0.2, 0.25) is 5.91 Å². The smallest absolute Gasteiger partial charge is 0.231 e. The Morgan fingerprint density at radius 2 is 2.26 bits per heavy atom. The standard InChI is InChI=1S/C14H19ClN2O2/c1-3-16-13-8-19-7-10(13)14(18)17-12-6-9(2)4-5-11(12)15/h4-6,10,13,16H,3,7-8H2,1-2H3,(H,17,18). The summed E-state index contributed by atoms with van der Waals surface area (Å²) < 4.78 is 5.38. The van der Waals surface area contributed by atoms with E-state index in [2.05, 4.69) is 10.6 Å². The number of nitrogens with one attached hydrogen (secondary N) is 2. The van der Waals surface area contributed by atoms with Gasteiger partial charge in [-0.25, -0.2) is 0 Å². The number of rotatable bonds is 4. The molecule has 0 saturated carbocycles. The first-order chi connectivity index (χ1) is 9.11. The number of likely N-dealkylation sites (N-methyl/N-ethyl adjacent to an activating group) is 1. The van der Waals surface area contributed by atoms with Gasteiger partial charge in [-0.3, -0.25) is 4.79 Å². The summed E-state index contributed by atoms with van der Waals surface area (Å²) >= 11 is 6.08. The fraction of sp³-hybridized carbons (Fsp3) is 0.500. The van der Waals surface area contributed by atoms with E-state index >= 15 is 0 Å². The topological polar surface area (TPSA) is 50.4 Å². The van der Waals surface area contributed by atoms with Crippen LogP contribution >= 0.6 is 11.6 Å². The van der Waals surface area contributed by atoms with Crippen molar-refractivity contribution in [1.29, 1.82) is 0 Å². The molecule has 4 nitrogen and oxygen atoms in total. The molecule has 1 aromatic rings. The molecule has 2 N–H and O–H groups in total. The van der Waals surface area contributed by atoms with Gasteiger partial charge in [-0.15, -0.1) is 0 Å². The largest absolute Gasteiger partial charge is 0.379 e. The number of amides is 1. The number of hydrogen-bond donors (Lipinski definition) is 2. The van der Waals surface area contributed by atoms with Crippen LogP contribution in [-0.2, 0) is 9.53 Å². The van der Waals surface area contributed by atoms with Crippen LogP contribution in [0.1, 0.15) is 12.5 Å². The van der Waals surface area contributed by atoms with Gasteiger partial charge in [0, 0.05) is 6.04 Å². The van der Waals surface area contributed by atoms with Crippen LogP contribution in [-0.4, -0.2) is 31.7 Å². The molecule has 1 aliphatic heterocycles. The Balaban J connectivity index is 2.06. The lowest BCUT2D eigenvalue weighted by Gasteiger charge is -2.18. The molecule has 1 saturated heterocycles. The summed E-state index contributed by atoms with van der Waals surface area (Å²) in [4.78, 5) is 12.3. The monoisotopic (exact) mass is 282 g/mol. The molecule has 0 aliphatic carbocycles. The maximum Gasteiger partial charge on any atom is 0.231 e. The lowest BCUT2D eigenvalue weighted by Crippen LogP contribution is -2.41. The normalized spacial score (nSPS) is 22.5. The van der Waals surface area contributed by atoms with Crippen LogP contribution < -0.4 is 10.6 Å². The highest BCUT2D eigenvalue weighted by Crippen LogP contribution is 2.24. The Morgan fingerprint density at radius 1 is 1.47 bits per heavy atom. The minimum absolute atomic E-state index is 0.0454. The van der Waals surface area contributed by atoms with Crippen LogP contribution in [0.3, 0.4) is 0 Å². The second-order valence-corrected chi connectivity index (χ2v) is 5.19. The zero-order valence-corrected chi connectivity index (χ0v) is 12.0. The number of halogens is 1. The summed E-state index contributed by atoms with van der Waals surface area (Å²) in [5.41, 5.74) is 1.72. The zero-order valence-electron chi connectivity index (χ0n) is 11.2. The highest BCUT2D eigenvalue weighted by molar-refractivity contribution is 6.33. The van der Waals surface area contributed by atoms with Crippen LogP contribution in [0.4, 0.5) is 5.69 Å². The van der Waals surface area contributed by atoms with E-state index in [0.717, 1.165) is 12.1 Å². The average Bonchev–Trinajstić information content (AvgIpc) is 2.82. The first kappa shape index (κ1) is 14.3. The summed E-state index contributed by atoms with van der Waals surface area (Å²) in [7, 11) is 0. The quantitative estimate of drug-likeness (QED) is 0.890. The van der Waals surface area contributed by atoms with Crippen molar-refractivity contribution < 1.29 is 9.53 Å². The van der Waals surface area contributed by atoms with Crippen LogP contribution in [0.2, 0.25) is 5.02 Å². The fourth-order valence-electron chi connectivity index (χ4n) is 2.24. The minimum atomic E-state index is -0.170. The molecule has 1 heterocycles. The first-order valence-corrected chi connectivity index (χ1v) is 6.87. The summed E-state index contributed by atoms with van der Waals surface area (Å²) in [5, 5.41) is 6.71. The third kappa shape index (κ3) is 3.47. The predicted octanol–water partition coefficient (Wildman–Crippen LogP) is 2.21.